The summed E-state index contributed by atoms with van der Waals surface area (Å²) in [5.41, 5.74) is 1.98. The van der Waals surface area contributed by atoms with Gasteiger partial charge in [-0.3, -0.25) is 14.5 Å². The zero-order chi connectivity index (χ0) is 30.2. The van der Waals surface area contributed by atoms with Gasteiger partial charge in [0.15, 0.2) is 0 Å². The molecular weight excluding hydrogens is 561 g/mol. The number of carbonyl (C=O) groups is 2. The maximum atomic E-state index is 13.3. The summed E-state index contributed by atoms with van der Waals surface area (Å²) in [6.45, 7) is 6.99. The number of nitrogens with one attached hydrogen (secondary N) is 1. The van der Waals surface area contributed by atoms with Crippen LogP contribution >= 0.6 is 11.6 Å². The van der Waals surface area contributed by atoms with Gasteiger partial charge in [0.25, 0.3) is 5.56 Å². The lowest BCUT2D eigenvalue weighted by atomic mass is 10.0. The number of aliphatic carboxylic acids is 1. The zero-order valence-electron chi connectivity index (χ0n) is 23.0. The number of rotatable bonds is 9. The van der Waals surface area contributed by atoms with Gasteiger partial charge in [0, 0.05) is 41.9 Å². The quantitative estimate of drug-likeness (QED) is 0.342. The van der Waals surface area contributed by atoms with E-state index in [1.807, 2.05) is 62.4 Å². The summed E-state index contributed by atoms with van der Waals surface area (Å²) in [5, 5.41) is 17.3. The molecule has 1 saturated heterocycles. The number of benzene rings is 2. The number of hydrogen-bond acceptors (Lipinski definition) is 5. The molecule has 1 aromatic heterocycles. The minimum Gasteiger partial charge on any atom is -0.475 e. The second kappa shape index (κ2) is 14.5. The Kier molecular flexibility index (Phi) is 11.3. The van der Waals surface area contributed by atoms with Crippen molar-refractivity contribution in [2.75, 3.05) is 19.6 Å². The summed E-state index contributed by atoms with van der Waals surface area (Å²) in [5.74, 6) is -2.65. The van der Waals surface area contributed by atoms with Crippen molar-refractivity contribution in [3.63, 3.8) is 0 Å². The van der Waals surface area contributed by atoms with Crippen LogP contribution in [0.1, 0.15) is 44.4 Å². The van der Waals surface area contributed by atoms with E-state index in [4.69, 9.17) is 26.6 Å². The van der Waals surface area contributed by atoms with Crippen molar-refractivity contribution in [3.8, 4) is 0 Å². The Labute approximate surface area is 241 Å². The van der Waals surface area contributed by atoms with E-state index in [0.717, 1.165) is 49.0 Å². The Morgan fingerprint density at radius 1 is 1.12 bits per heavy atom. The van der Waals surface area contributed by atoms with Crippen molar-refractivity contribution in [1.82, 2.24) is 20.0 Å². The maximum absolute atomic E-state index is 13.3. The molecule has 2 N–H and O–H groups in total. The van der Waals surface area contributed by atoms with Gasteiger partial charge < -0.3 is 10.4 Å². The number of carbonyl (C=O) groups excluding carboxylic acids is 1. The smallest absolute Gasteiger partial charge is 0.475 e. The lowest BCUT2D eigenvalue weighted by molar-refractivity contribution is -0.192. The van der Waals surface area contributed by atoms with Gasteiger partial charge >= 0.3 is 12.1 Å². The molecule has 4 rings (SSSR count). The van der Waals surface area contributed by atoms with E-state index < -0.39 is 12.1 Å². The van der Waals surface area contributed by atoms with Crippen LogP contribution in [-0.2, 0) is 22.6 Å². The van der Waals surface area contributed by atoms with Crippen molar-refractivity contribution in [2.24, 2.45) is 5.92 Å². The number of hydrogen-bond donors (Lipinski definition) is 2. The number of fused-ring (bicyclic) bond motifs is 1. The molecule has 0 aliphatic carbocycles. The van der Waals surface area contributed by atoms with Gasteiger partial charge in [0.1, 0.15) is 0 Å². The van der Waals surface area contributed by atoms with E-state index in [0.29, 0.717) is 29.9 Å². The molecule has 3 aromatic rings. The fourth-order valence-electron chi connectivity index (χ4n) is 4.65. The van der Waals surface area contributed by atoms with Crippen LogP contribution in [0.5, 0.6) is 0 Å². The average molecular weight is 595 g/mol. The number of nitrogens with zero attached hydrogens (tertiary/aromatic N) is 3. The van der Waals surface area contributed by atoms with Crippen LogP contribution in [0.3, 0.4) is 0 Å². The summed E-state index contributed by atoms with van der Waals surface area (Å²) in [4.78, 5) is 36.4. The van der Waals surface area contributed by atoms with E-state index in [1.54, 1.807) is 4.68 Å². The van der Waals surface area contributed by atoms with Crippen LogP contribution in [-0.4, -0.2) is 63.5 Å². The Hall–Kier alpha value is -3.44. The number of alkyl halides is 3. The SMILES string of the molecule is CC(C)C(=O)NCCCN1CCC[C@@H]1Cn1nc(Cc2ccc(Cl)cc2)c2ccccc2c1=O.O=C(O)C(F)(F)F. The van der Waals surface area contributed by atoms with E-state index >= 15 is 0 Å². The lowest BCUT2D eigenvalue weighted by Crippen LogP contribution is -2.39. The molecule has 1 fully saturated rings. The third-order valence-corrected chi connectivity index (χ3v) is 7.05. The van der Waals surface area contributed by atoms with Gasteiger partial charge in [0.05, 0.1) is 17.6 Å². The van der Waals surface area contributed by atoms with Crippen molar-refractivity contribution in [2.45, 2.75) is 58.3 Å². The van der Waals surface area contributed by atoms with Crippen LogP contribution in [0.15, 0.2) is 53.3 Å². The van der Waals surface area contributed by atoms with Crippen LogP contribution in [0.25, 0.3) is 10.8 Å². The minimum absolute atomic E-state index is 0.00690. The molecule has 0 radical (unpaired) electrons. The molecule has 1 aliphatic heterocycles. The maximum Gasteiger partial charge on any atom is 0.490 e. The van der Waals surface area contributed by atoms with Crippen LogP contribution in [0.4, 0.5) is 13.2 Å². The van der Waals surface area contributed by atoms with E-state index in [1.165, 1.54) is 0 Å². The first-order chi connectivity index (χ1) is 19.4. The van der Waals surface area contributed by atoms with Crippen molar-refractivity contribution in [1.29, 1.82) is 0 Å². The molecule has 222 valence electrons. The molecular formula is C29H34ClF3N4O4. The highest BCUT2D eigenvalue weighted by atomic mass is 35.5. The first kappa shape index (κ1) is 32.1. The first-order valence-corrected chi connectivity index (χ1v) is 13.8. The van der Waals surface area contributed by atoms with Crippen LogP contribution in [0, 0.1) is 5.92 Å². The van der Waals surface area contributed by atoms with Gasteiger partial charge in [-0.05, 0) is 49.6 Å². The number of amides is 1. The third kappa shape index (κ3) is 9.29. The standard InChI is InChI=1S/C27H33ClN4O2.C2HF3O2/c1-19(2)26(33)29-14-6-16-31-15-5-7-22(31)18-32-27(34)24-9-4-3-8-23(24)25(30-32)17-20-10-12-21(28)13-11-20;3-2(4,5)1(6)7/h3-4,8-13,19,22H,5-7,14-18H2,1-2H3,(H,29,33);(H,6,7)/t22-;/m1./s1. The number of halogens is 4. The summed E-state index contributed by atoms with van der Waals surface area (Å²) >= 11 is 6.05. The predicted molar refractivity (Wildman–Crippen MR) is 151 cm³/mol. The predicted octanol–water partition coefficient (Wildman–Crippen LogP) is 4.90. The minimum atomic E-state index is -5.08. The molecule has 0 spiro atoms. The highest BCUT2D eigenvalue weighted by molar-refractivity contribution is 6.30. The summed E-state index contributed by atoms with van der Waals surface area (Å²) in [6.07, 6.45) is -1.38. The highest BCUT2D eigenvalue weighted by Crippen LogP contribution is 2.21. The molecule has 1 atom stereocenters. The molecule has 0 saturated carbocycles. The monoisotopic (exact) mass is 594 g/mol. The van der Waals surface area contributed by atoms with Crippen molar-refractivity contribution < 1.29 is 27.9 Å². The summed E-state index contributed by atoms with van der Waals surface area (Å²) < 4.78 is 33.4. The highest BCUT2D eigenvalue weighted by Gasteiger charge is 2.38. The number of carboxylic acid groups (broad SMARTS) is 1. The topological polar surface area (TPSA) is 105 Å². The molecule has 8 nitrogen and oxygen atoms in total. The van der Waals surface area contributed by atoms with Crippen LogP contribution < -0.4 is 10.9 Å². The second-order valence-corrected chi connectivity index (χ2v) is 10.7. The molecule has 1 aliphatic rings. The largest absolute Gasteiger partial charge is 0.490 e. The van der Waals surface area contributed by atoms with Gasteiger partial charge in [0.2, 0.25) is 5.91 Å². The normalized spacial score (nSPS) is 15.5. The third-order valence-electron chi connectivity index (χ3n) is 6.80. The fourth-order valence-corrected chi connectivity index (χ4v) is 4.77. The number of carboxylic acids is 1. The summed E-state index contributed by atoms with van der Waals surface area (Å²) in [7, 11) is 0. The van der Waals surface area contributed by atoms with Gasteiger partial charge in [-0.15, -0.1) is 0 Å². The molecule has 2 heterocycles. The first-order valence-electron chi connectivity index (χ1n) is 13.4. The molecule has 1 amide bonds. The zero-order valence-corrected chi connectivity index (χ0v) is 23.7. The Balaban J connectivity index is 0.000000587. The van der Waals surface area contributed by atoms with Crippen LogP contribution in [0.2, 0.25) is 5.02 Å². The molecule has 2 aromatic carbocycles. The molecule has 0 unspecified atom stereocenters. The van der Waals surface area contributed by atoms with Gasteiger partial charge in [-0.25, -0.2) is 9.48 Å². The second-order valence-electron chi connectivity index (χ2n) is 10.2. The van der Waals surface area contributed by atoms with Crippen molar-refractivity contribution in [3.05, 3.63) is 75.2 Å². The summed E-state index contributed by atoms with van der Waals surface area (Å²) in [6, 6.07) is 15.8. The average Bonchev–Trinajstić information content (AvgIpc) is 3.36. The molecule has 12 heteroatoms. The Morgan fingerprint density at radius 2 is 1.76 bits per heavy atom. The lowest BCUT2D eigenvalue weighted by Gasteiger charge is -2.25. The molecule has 0 bridgehead atoms. The number of likely N-dealkylation sites (tertiary alicyclic amines) is 1. The van der Waals surface area contributed by atoms with E-state index in [-0.39, 0.29) is 23.4 Å². The van der Waals surface area contributed by atoms with Gasteiger partial charge in [-0.2, -0.15) is 18.3 Å². The Morgan fingerprint density at radius 3 is 2.37 bits per heavy atom. The van der Waals surface area contributed by atoms with E-state index in [9.17, 15) is 22.8 Å². The van der Waals surface area contributed by atoms with Crippen molar-refractivity contribution >= 4 is 34.2 Å². The van der Waals surface area contributed by atoms with E-state index in [2.05, 4.69) is 10.2 Å². The Bertz CT molecular complexity index is 1390. The molecule has 41 heavy (non-hydrogen) atoms. The van der Waals surface area contributed by atoms with Gasteiger partial charge in [-0.1, -0.05) is 55.8 Å². The fraction of sp³-hybridized carbons (Fsp3) is 0.448. The number of aromatic nitrogens is 2.